The first kappa shape index (κ1) is 22.2. The summed E-state index contributed by atoms with van der Waals surface area (Å²) in [6.45, 7) is 0.0695. The number of carbonyl (C=O) groups is 1. The topological polar surface area (TPSA) is 136 Å². The van der Waals surface area contributed by atoms with Crippen molar-refractivity contribution in [3.63, 3.8) is 0 Å². The highest BCUT2D eigenvalue weighted by molar-refractivity contribution is 7.89. The molecule has 2 aromatic carbocycles. The average Bonchev–Trinajstić information content (AvgIpc) is 2.79. The second-order valence-corrected chi connectivity index (χ2v) is 8.93. The highest BCUT2D eigenvalue weighted by atomic mass is 32.2. The van der Waals surface area contributed by atoms with Crippen molar-refractivity contribution in [3.8, 4) is 17.7 Å². The number of sulfonamides is 1. The van der Waals surface area contributed by atoms with E-state index in [1.165, 1.54) is 24.3 Å². The second-order valence-electron chi connectivity index (χ2n) is 7.04. The molecule has 11 heteroatoms. The average molecular weight is 468 g/mol. The van der Waals surface area contributed by atoms with E-state index in [-0.39, 0.29) is 28.6 Å². The highest BCUT2D eigenvalue weighted by Gasteiger charge is 2.38. The molecule has 1 aliphatic heterocycles. The lowest BCUT2D eigenvalue weighted by Gasteiger charge is -2.34. The predicted octanol–water partition coefficient (Wildman–Crippen LogP) is 3.23. The Morgan fingerprint density at radius 3 is 2.67 bits per heavy atom. The van der Waals surface area contributed by atoms with E-state index in [0.717, 1.165) is 22.1 Å². The van der Waals surface area contributed by atoms with Gasteiger partial charge < -0.3 is 15.2 Å². The fourth-order valence-corrected chi connectivity index (χ4v) is 4.91. The van der Waals surface area contributed by atoms with Gasteiger partial charge in [0.15, 0.2) is 6.23 Å². The molecule has 0 saturated heterocycles. The van der Waals surface area contributed by atoms with Crippen LogP contribution in [0.4, 0.5) is 9.18 Å². The van der Waals surface area contributed by atoms with E-state index in [4.69, 9.17) is 20.5 Å². The molecule has 0 radical (unpaired) electrons. The molecule has 2 heterocycles. The van der Waals surface area contributed by atoms with E-state index >= 15 is 0 Å². The SMILES string of the molecule is N#Cc1ccc(Oc2ccc(S(=O)(=O)N3CCc4ccccc4C3OC(N)=O)cn2)cc1F. The molecule has 1 aromatic heterocycles. The lowest BCUT2D eigenvalue weighted by molar-refractivity contribution is 0.0295. The van der Waals surface area contributed by atoms with Gasteiger partial charge in [-0.3, -0.25) is 0 Å². The Kier molecular flexibility index (Phi) is 5.95. The minimum Gasteiger partial charge on any atom is -0.439 e. The van der Waals surface area contributed by atoms with Crippen LogP contribution in [-0.4, -0.2) is 30.3 Å². The maximum atomic E-state index is 13.8. The van der Waals surface area contributed by atoms with Crippen molar-refractivity contribution in [3.05, 3.63) is 83.3 Å². The summed E-state index contributed by atoms with van der Waals surface area (Å²) in [5.74, 6) is -0.635. The van der Waals surface area contributed by atoms with E-state index in [0.29, 0.717) is 12.0 Å². The number of primary amides is 1. The Morgan fingerprint density at radius 1 is 1.21 bits per heavy atom. The molecule has 1 unspecified atom stereocenters. The molecule has 1 atom stereocenters. The first-order valence-corrected chi connectivity index (χ1v) is 11.1. The summed E-state index contributed by atoms with van der Waals surface area (Å²) in [4.78, 5) is 15.3. The molecular weight excluding hydrogens is 451 g/mol. The van der Waals surface area contributed by atoms with E-state index in [1.807, 2.05) is 12.1 Å². The van der Waals surface area contributed by atoms with Crippen LogP contribution in [0.5, 0.6) is 11.6 Å². The number of nitriles is 1. The maximum Gasteiger partial charge on any atom is 0.406 e. The number of nitrogens with zero attached hydrogens (tertiary/aromatic N) is 3. The van der Waals surface area contributed by atoms with E-state index < -0.39 is 28.2 Å². The van der Waals surface area contributed by atoms with Gasteiger partial charge in [-0.15, -0.1) is 0 Å². The number of amides is 1. The monoisotopic (exact) mass is 468 g/mol. The van der Waals surface area contributed by atoms with Crippen LogP contribution in [-0.2, 0) is 21.2 Å². The van der Waals surface area contributed by atoms with Crippen molar-refractivity contribution in [2.24, 2.45) is 5.73 Å². The molecule has 0 fully saturated rings. The highest BCUT2D eigenvalue weighted by Crippen LogP contribution is 2.35. The molecule has 4 rings (SSSR count). The van der Waals surface area contributed by atoms with Crippen LogP contribution in [0.15, 0.2) is 65.7 Å². The molecule has 9 nitrogen and oxygen atoms in total. The number of pyridine rings is 1. The second kappa shape index (κ2) is 8.85. The summed E-state index contributed by atoms with van der Waals surface area (Å²) in [6, 6.07) is 15.0. The molecule has 0 aliphatic carbocycles. The Hall–Kier alpha value is -4.01. The molecule has 168 valence electrons. The number of hydrogen-bond donors (Lipinski definition) is 1. The van der Waals surface area contributed by atoms with Gasteiger partial charge in [-0.25, -0.2) is 22.6 Å². The first-order chi connectivity index (χ1) is 15.8. The molecule has 2 N–H and O–H groups in total. The zero-order chi connectivity index (χ0) is 23.6. The zero-order valence-corrected chi connectivity index (χ0v) is 17.8. The lowest BCUT2D eigenvalue weighted by atomic mass is 10.00. The van der Waals surface area contributed by atoms with Gasteiger partial charge in [0.25, 0.3) is 0 Å². The van der Waals surface area contributed by atoms with Crippen LogP contribution in [0.25, 0.3) is 0 Å². The van der Waals surface area contributed by atoms with Gasteiger partial charge in [0.05, 0.1) is 11.8 Å². The van der Waals surface area contributed by atoms with Crippen molar-refractivity contribution in [1.82, 2.24) is 9.29 Å². The van der Waals surface area contributed by atoms with Gasteiger partial charge in [-0.05, 0) is 30.2 Å². The van der Waals surface area contributed by atoms with Crippen molar-refractivity contribution < 1.29 is 27.1 Å². The summed E-state index contributed by atoms with van der Waals surface area (Å²) >= 11 is 0. The number of halogens is 1. The minimum atomic E-state index is -4.12. The van der Waals surface area contributed by atoms with Gasteiger partial charge in [-0.1, -0.05) is 24.3 Å². The van der Waals surface area contributed by atoms with Crippen molar-refractivity contribution in [2.45, 2.75) is 17.5 Å². The Morgan fingerprint density at radius 2 is 2.00 bits per heavy atom. The van der Waals surface area contributed by atoms with Crippen LogP contribution in [0.2, 0.25) is 0 Å². The maximum absolute atomic E-state index is 13.8. The van der Waals surface area contributed by atoms with Crippen LogP contribution < -0.4 is 10.5 Å². The number of ether oxygens (including phenoxy) is 2. The van der Waals surface area contributed by atoms with Crippen molar-refractivity contribution >= 4 is 16.1 Å². The summed E-state index contributed by atoms with van der Waals surface area (Å²) in [5.41, 5.74) is 6.44. The summed E-state index contributed by atoms with van der Waals surface area (Å²) in [6.07, 6.45) is -0.803. The Labute approximate surface area is 188 Å². The number of carbonyl (C=O) groups excluding carboxylic acids is 1. The molecule has 0 saturated carbocycles. The Bertz CT molecular complexity index is 1360. The molecular formula is C22H17FN4O5S. The van der Waals surface area contributed by atoms with E-state index in [1.54, 1.807) is 18.2 Å². The molecule has 1 amide bonds. The molecule has 3 aromatic rings. The molecule has 1 aliphatic rings. The predicted molar refractivity (Wildman–Crippen MR) is 113 cm³/mol. The van der Waals surface area contributed by atoms with Crippen LogP contribution in [0, 0.1) is 17.1 Å². The summed E-state index contributed by atoms with van der Waals surface area (Å²) in [7, 11) is -4.12. The van der Waals surface area contributed by atoms with Crippen molar-refractivity contribution in [1.29, 1.82) is 5.26 Å². The van der Waals surface area contributed by atoms with E-state index in [9.17, 15) is 17.6 Å². The van der Waals surface area contributed by atoms with Gasteiger partial charge >= 0.3 is 6.09 Å². The van der Waals surface area contributed by atoms with Gasteiger partial charge in [0, 0.05) is 24.2 Å². The van der Waals surface area contributed by atoms with Gasteiger partial charge in [-0.2, -0.15) is 9.57 Å². The standard InChI is InChI=1S/C22H17FN4O5S/c23-19-11-16(6-5-15(19)12-24)31-20-8-7-17(13-26-20)33(29,30)27-10-9-14-3-1-2-4-18(14)21(27)32-22(25)28/h1-8,11,13,21H,9-10H2,(H2,25,28). The first-order valence-electron chi connectivity index (χ1n) is 9.69. The summed E-state index contributed by atoms with van der Waals surface area (Å²) < 4.78 is 52.0. The number of aromatic nitrogens is 1. The fraction of sp³-hybridized carbons (Fsp3) is 0.136. The van der Waals surface area contributed by atoms with Crippen LogP contribution >= 0.6 is 0 Å². The molecule has 33 heavy (non-hydrogen) atoms. The van der Waals surface area contributed by atoms with Crippen LogP contribution in [0.3, 0.4) is 0 Å². The van der Waals surface area contributed by atoms with E-state index in [2.05, 4.69) is 4.98 Å². The minimum absolute atomic E-state index is 0.0204. The quantitative estimate of drug-likeness (QED) is 0.607. The lowest BCUT2D eigenvalue weighted by Crippen LogP contribution is -2.42. The number of benzene rings is 2. The summed E-state index contributed by atoms with van der Waals surface area (Å²) in [5, 5.41) is 8.80. The molecule has 0 spiro atoms. The molecule has 0 bridgehead atoms. The smallest absolute Gasteiger partial charge is 0.406 e. The third-order valence-corrected chi connectivity index (χ3v) is 6.84. The number of nitrogens with two attached hydrogens (primary N) is 1. The normalized spacial score (nSPS) is 15.8. The fourth-order valence-electron chi connectivity index (χ4n) is 3.47. The van der Waals surface area contributed by atoms with Gasteiger partial charge in [0.1, 0.15) is 22.5 Å². The third-order valence-electron chi connectivity index (χ3n) is 5.01. The van der Waals surface area contributed by atoms with Crippen LogP contribution in [0.1, 0.15) is 22.9 Å². The third kappa shape index (κ3) is 4.48. The largest absolute Gasteiger partial charge is 0.439 e. The van der Waals surface area contributed by atoms with Gasteiger partial charge in [0.2, 0.25) is 15.9 Å². The number of fused-ring (bicyclic) bond motifs is 1. The zero-order valence-electron chi connectivity index (χ0n) is 17.0. The number of hydrogen-bond acceptors (Lipinski definition) is 7. The Balaban J connectivity index is 1.60. The number of rotatable bonds is 5. The van der Waals surface area contributed by atoms with Crippen molar-refractivity contribution in [2.75, 3.05) is 6.54 Å².